The molecule has 0 unspecified atom stereocenters. The van der Waals surface area contributed by atoms with Crippen LogP contribution in [0.25, 0.3) is 0 Å². The average molecular weight is 702 g/mol. The number of hydrogen-bond acceptors (Lipinski definition) is 6. The molecule has 50 heavy (non-hydrogen) atoms. The van der Waals surface area contributed by atoms with E-state index in [1.54, 1.807) is 0 Å². The lowest BCUT2D eigenvalue weighted by atomic mass is 10.1. The van der Waals surface area contributed by atoms with Gasteiger partial charge in [-0.3, -0.25) is 9.59 Å². The molecule has 0 spiro atoms. The van der Waals surface area contributed by atoms with Crippen LogP contribution in [0.1, 0.15) is 181 Å². The highest BCUT2D eigenvalue weighted by atomic mass is 16.6. The molecule has 0 aliphatic rings. The van der Waals surface area contributed by atoms with Gasteiger partial charge in [-0.05, 0) is 142 Å². The summed E-state index contributed by atoms with van der Waals surface area (Å²) >= 11 is 0. The Morgan fingerprint density at radius 2 is 0.920 bits per heavy atom. The lowest BCUT2D eigenvalue weighted by Gasteiger charge is -2.20. The van der Waals surface area contributed by atoms with E-state index in [0.717, 1.165) is 64.3 Å². The predicted molar refractivity (Wildman–Crippen MR) is 213 cm³/mol. The molecular formula is C44H79NO5. The van der Waals surface area contributed by atoms with Crippen LogP contribution in [0.5, 0.6) is 0 Å². The largest absolute Gasteiger partial charge is 0.462 e. The first kappa shape index (κ1) is 47.8. The van der Waals surface area contributed by atoms with Crippen molar-refractivity contribution in [2.45, 2.75) is 187 Å². The summed E-state index contributed by atoms with van der Waals surface area (Å²) < 4.78 is 11.3. The number of rotatable bonds is 37. The van der Waals surface area contributed by atoms with Crippen LogP contribution in [0.15, 0.2) is 48.6 Å². The normalized spacial score (nSPS) is 12.7. The number of allylic oxidation sites excluding steroid dienone is 8. The summed E-state index contributed by atoms with van der Waals surface area (Å²) in [7, 11) is 1.96. The minimum absolute atomic E-state index is 0.111. The molecule has 0 bridgehead atoms. The van der Waals surface area contributed by atoms with Crippen LogP contribution in [0.4, 0.5) is 0 Å². The second-order valence-electron chi connectivity index (χ2n) is 13.9. The maximum atomic E-state index is 12.6. The van der Waals surface area contributed by atoms with Gasteiger partial charge in [0.2, 0.25) is 0 Å². The van der Waals surface area contributed by atoms with Crippen LogP contribution >= 0.6 is 0 Å². The monoisotopic (exact) mass is 702 g/mol. The topological polar surface area (TPSA) is 76.1 Å². The average Bonchev–Trinajstić information content (AvgIpc) is 3.10. The molecule has 1 N–H and O–H groups in total. The number of aliphatic hydroxyl groups excluding tert-OH is 1. The molecule has 0 saturated heterocycles. The molecule has 6 nitrogen and oxygen atoms in total. The van der Waals surface area contributed by atoms with Crippen molar-refractivity contribution in [1.29, 1.82) is 0 Å². The fraction of sp³-hybridized carbons (Fsp3) is 0.773. The van der Waals surface area contributed by atoms with Crippen molar-refractivity contribution in [1.82, 2.24) is 4.90 Å². The van der Waals surface area contributed by atoms with Crippen LogP contribution < -0.4 is 0 Å². The van der Waals surface area contributed by atoms with E-state index in [9.17, 15) is 9.59 Å². The quantitative estimate of drug-likeness (QED) is 0.0395. The molecule has 0 aliphatic carbocycles. The molecule has 0 amide bonds. The number of carbonyl (C=O) groups excluding carboxylic acids is 2. The first-order chi connectivity index (χ1) is 24.5. The zero-order valence-electron chi connectivity index (χ0n) is 32.9. The van der Waals surface area contributed by atoms with E-state index in [0.29, 0.717) is 25.8 Å². The van der Waals surface area contributed by atoms with E-state index in [4.69, 9.17) is 14.6 Å². The molecule has 290 valence electrons. The van der Waals surface area contributed by atoms with Gasteiger partial charge in [-0.25, -0.2) is 0 Å². The van der Waals surface area contributed by atoms with E-state index in [2.05, 4.69) is 62.5 Å². The summed E-state index contributed by atoms with van der Waals surface area (Å²) in [5.74, 6) is -0.437. The molecule has 0 aromatic rings. The molecule has 1 atom stereocenters. The Balaban J connectivity index is 4.16. The number of likely N-dealkylation sites (N-methyl/N-ethyl adjacent to an activating group) is 1. The molecular weight excluding hydrogens is 622 g/mol. The number of carbonyl (C=O) groups is 2. The van der Waals surface area contributed by atoms with E-state index in [1.165, 1.54) is 89.9 Å². The molecule has 0 radical (unpaired) electrons. The van der Waals surface area contributed by atoms with Gasteiger partial charge < -0.3 is 19.5 Å². The van der Waals surface area contributed by atoms with Gasteiger partial charge >= 0.3 is 11.9 Å². The minimum atomic E-state index is -0.431. The van der Waals surface area contributed by atoms with E-state index >= 15 is 0 Å². The van der Waals surface area contributed by atoms with Crippen LogP contribution in [0.2, 0.25) is 0 Å². The van der Waals surface area contributed by atoms with Crippen molar-refractivity contribution >= 4 is 11.9 Å². The summed E-state index contributed by atoms with van der Waals surface area (Å²) in [5, 5.41) is 9.16. The van der Waals surface area contributed by atoms with Crippen LogP contribution in [0.3, 0.4) is 0 Å². The highest BCUT2D eigenvalue weighted by Gasteiger charge is 2.17. The first-order valence-corrected chi connectivity index (χ1v) is 20.8. The number of ether oxygens (including phenoxy) is 2. The van der Waals surface area contributed by atoms with Crippen molar-refractivity contribution in [3.05, 3.63) is 48.6 Å². The molecule has 0 fully saturated rings. The Bertz CT molecular complexity index is 864. The Kier molecular flexibility index (Phi) is 37.9. The number of aliphatic hydroxyl groups is 1. The second-order valence-corrected chi connectivity index (χ2v) is 13.9. The van der Waals surface area contributed by atoms with Gasteiger partial charge in [0, 0.05) is 19.4 Å². The van der Waals surface area contributed by atoms with Gasteiger partial charge in [0.1, 0.15) is 12.7 Å². The van der Waals surface area contributed by atoms with Gasteiger partial charge in [-0.15, -0.1) is 0 Å². The fourth-order valence-electron chi connectivity index (χ4n) is 5.63. The summed E-state index contributed by atoms with van der Waals surface area (Å²) in [5.41, 5.74) is 0. The Morgan fingerprint density at radius 1 is 0.540 bits per heavy atom. The third-order valence-electron chi connectivity index (χ3n) is 8.88. The lowest BCUT2D eigenvalue weighted by molar-refractivity contribution is -0.159. The number of nitrogens with zero attached hydrogens (tertiary/aromatic N) is 1. The third-order valence-corrected chi connectivity index (χ3v) is 8.88. The van der Waals surface area contributed by atoms with Gasteiger partial charge in [0.25, 0.3) is 0 Å². The maximum Gasteiger partial charge on any atom is 0.306 e. The minimum Gasteiger partial charge on any atom is -0.462 e. The van der Waals surface area contributed by atoms with Crippen molar-refractivity contribution in [2.24, 2.45) is 0 Å². The number of esters is 2. The Hall–Kier alpha value is -2.18. The van der Waals surface area contributed by atoms with Gasteiger partial charge in [0.15, 0.2) is 0 Å². The molecule has 0 heterocycles. The van der Waals surface area contributed by atoms with E-state index in [-0.39, 0.29) is 25.2 Å². The SMILES string of the molecule is CCCCC/C=C\CCCC/C=C\CCCCC(=O)OC[C@H](CCCN(C)CCO)OC(=O)CCCC/C=C\CCCC/C=C\CCCCC. The predicted octanol–water partition coefficient (Wildman–Crippen LogP) is 11.8. The van der Waals surface area contributed by atoms with Crippen molar-refractivity contribution < 1.29 is 24.2 Å². The summed E-state index contributed by atoms with van der Waals surface area (Å²) in [6, 6.07) is 0. The summed E-state index contributed by atoms with van der Waals surface area (Å²) in [6.07, 6.45) is 45.4. The highest BCUT2D eigenvalue weighted by molar-refractivity contribution is 5.70. The second kappa shape index (κ2) is 39.6. The summed E-state index contributed by atoms with van der Waals surface area (Å²) in [6.45, 7) is 6.11. The van der Waals surface area contributed by atoms with Crippen LogP contribution in [0, 0.1) is 0 Å². The lowest BCUT2D eigenvalue weighted by Crippen LogP contribution is -2.28. The number of unbranched alkanes of at least 4 members (excludes halogenated alkanes) is 16. The first-order valence-electron chi connectivity index (χ1n) is 20.8. The van der Waals surface area contributed by atoms with Crippen molar-refractivity contribution in [3.63, 3.8) is 0 Å². The zero-order valence-corrected chi connectivity index (χ0v) is 32.9. The van der Waals surface area contributed by atoms with Crippen molar-refractivity contribution in [3.8, 4) is 0 Å². The zero-order chi connectivity index (χ0) is 36.6. The molecule has 0 saturated carbocycles. The standard InChI is InChI=1S/C44H79NO5/c1-4-6-8-10-12-14-16-18-20-22-24-26-28-30-32-36-43(47)49-41-42(35-34-38-45(3)39-40-46)50-44(48)37-33-31-29-27-25-23-21-19-17-15-13-11-9-7-5-2/h12-15,24-27,42,46H,4-11,16-23,28-41H2,1-3H3/b14-12-,15-13-,26-24-,27-25-/t42-/m0/s1. The van der Waals surface area contributed by atoms with Crippen molar-refractivity contribution in [2.75, 3.05) is 33.4 Å². The van der Waals surface area contributed by atoms with E-state index in [1.807, 2.05) is 11.9 Å². The molecule has 6 heteroatoms. The van der Waals surface area contributed by atoms with Gasteiger partial charge in [-0.2, -0.15) is 0 Å². The smallest absolute Gasteiger partial charge is 0.306 e. The molecule has 0 aromatic carbocycles. The maximum absolute atomic E-state index is 12.6. The Morgan fingerprint density at radius 3 is 1.32 bits per heavy atom. The Labute approximate surface area is 309 Å². The summed E-state index contributed by atoms with van der Waals surface area (Å²) in [4.78, 5) is 27.1. The van der Waals surface area contributed by atoms with Gasteiger partial charge in [0.05, 0.1) is 6.61 Å². The molecule has 0 rings (SSSR count). The van der Waals surface area contributed by atoms with E-state index < -0.39 is 6.10 Å². The van der Waals surface area contributed by atoms with Gasteiger partial charge in [-0.1, -0.05) is 88.1 Å². The number of hydrogen-bond donors (Lipinski definition) is 1. The highest BCUT2D eigenvalue weighted by Crippen LogP contribution is 2.12. The van der Waals surface area contributed by atoms with Crippen LogP contribution in [-0.4, -0.2) is 61.4 Å². The molecule has 0 aliphatic heterocycles. The molecule has 0 aromatic heterocycles. The third kappa shape index (κ3) is 37.1. The van der Waals surface area contributed by atoms with Crippen LogP contribution in [-0.2, 0) is 19.1 Å². The fourth-order valence-corrected chi connectivity index (χ4v) is 5.63.